The van der Waals surface area contributed by atoms with E-state index in [9.17, 15) is 0 Å². The van der Waals surface area contributed by atoms with Crippen LogP contribution in [0.1, 0.15) is 0 Å². The topological polar surface area (TPSA) is 115 Å². The van der Waals surface area contributed by atoms with Crippen LogP contribution >= 0.6 is 16.5 Å². The molecule has 0 amide bonds. The fourth-order valence-electron chi connectivity index (χ4n) is 0. The summed E-state index contributed by atoms with van der Waals surface area (Å²) in [5.41, 5.74) is 0. The van der Waals surface area contributed by atoms with Gasteiger partial charge in [-0.2, -0.15) is 0 Å². The van der Waals surface area contributed by atoms with Crippen molar-refractivity contribution in [1.29, 1.82) is 0 Å². The maximum absolute atomic E-state index is 8.74. The van der Waals surface area contributed by atoms with Crippen LogP contribution in [-0.4, -0.2) is 77.1 Å². The molecule has 0 heterocycles. The van der Waals surface area contributed by atoms with Gasteiger partial charge in [-0.1, -0.05) is 0 Å². The van der Waals surface area contributed by atoms with Crippen LogP contribution < -0.4 is 0 Å². The van der Waals surface area contributed by atoms with Crippen molar-refractivity contribution in [1.82, 2.24) is 0 Å². The molecule has 62 valence electrons. The predicted molar refractivity (Wildman–Crippen MR) is 45.6 cm³/mol. The third-order valence-corrected chi connectivity index (χ3v) is 0. The van der Waals surface area contributed by atoms with Crippen LogP contribution in [0.5, 0.6) is 0 Å². The Bertz CT molecular complexity index is 76.6. The molecule has 0 aromatic carbocycles. The summed E-state index contributed by atoms with van der Waals surface area (Å²) >= 11 is 1.31. The van der Waals surface area contributed by atoms with E-state index < -0.39 is 16.5 Å². The molecule has 0 aliphatic rings. The minimum atomic E-state index is -3.13. The second kappa shape index (κ2) is 22.8. The van der Waals surface area contributed by atoms with Crippen molar-refractivity contribution in [2.24, 2.45) is 0 Å². The molecule has 6 nitrogen and oxygen atoms in total. The molecule has 0 bridgehead atoms. The Balaban J connectivity index is -0.0000000339. The van der Waals surface area contributed by atoms with Gasteiger partial charge in [-0.3, -0.25) is 9.13 Å². The van der Waals surface area contributed by atoms with Gasteiger partial charge in [0.15, 0.2) is 0 Å². The summed E-state index contributed by atoms with van der Waals surface area (Å²) in [6.45, 7) is 0. The Kier molecular flexibility index (Phi) is 48.2. The number of hydrogen-bond donors (Lipinski definition) is 4. The first-order chi connectivity index (χ1) is 4.46. The van der Waals surface area contributed by atoms with Crippen molar-refractivity contribution >= 4 is 74.0 Å². The Morgan fingerprint density at radius 3 is 0.909 bits per heavy atom. The van der Waals surface area contributed by atoms with Crippen LogP contribution in [0.4, 0.5) is 0 Å². The molecule has 0 saturated carbocycles. The summed E-state index contributed by atoms with van der Waals surface area (Å²) in [7, 11) is -6.26. The molecular formula is CH10Na2O6P2. The van der Waals surface area contributed by atoms with Crippen LogP contribution in [0.3, 0.4) is 0 Å². The quantitative estimate of drug-likeness (QED) is 0.288. The Labute approximate surface area is 106 Å². The summed E-state index contributed by atoms with van der Waals surface area (Å²) < 4.78 is 19.6. The average Bonchev–Trinajstić information content (AvgIpc) is 1.66. The first-order valence-electron chi connectivity index (χ1n) is 2.30. The molecule has 4 N–H and O–H groups in total. The van der Waals surface area contributed by atoms with Crippen molar-refractivity contribution in [2.45, 2.75) is 4.17 Å². The van der Waals surface area contributed by atoms with Gasteiger partial charge in [-0.15, -0.1) is 0 Å². The Morgan fingerprint density at radius 1 is 0.909 bits per heavy atom. The molecular weight excluding hydrogens is 216 g/mol. The van der Waals surface area contributed by atoms with E-state index in [-0.39, 0.29) is 29.6 Å². The zero-order valence-corrected chi connectivity index (χ0v) is 9.61. The molecule has 0 rings (SSSR count). The Morgan fingerprint density at radius 2 is 0.909 bits per heavy atom. The van der Waals surface area contributed by atoms with Gasteiger partial charge in [-0.05, 0) is 0 Å². The van der Waals surface area contributed by atoms with Crippen LogP contribution in [0, 0.1) is 0 Å². The van der Waals surface area contributed by atoms with E-state index in [1.807, 2.05) is 0 Å². The third-order valence-electron chi connectivity index (χ3n) is 0. The normalized spacial score (nSPS) is 7.00. The second-order valence-electron chi connectivity index (χ2n) is 0.565. The summed E-state index contributed by atoms with van der Waals surface area (Å²) in [5, 5.41) is 0. The molecule has 0 aliphatic carbocycles. The van der Waals surface area contributed by atoms with E-state index >= 15 is 0 Å². The van der Waals surface area contributed by atoms with E-state index in [4.69, 9.17) is 28.7 Å². The van der Waals surface area contributed by atoms with Gasteiger partial charge in [0.25, 0.3) is 0 Å². The van der Waals surface area contributed by atoms with Crippen LogP contribution in [-0.2, 0) is 9.13 Å². The standard InChI is InChI=1S/CH3.2Na.2H3O3P.H/c;;;2*1-4(2)3;/h1H3;;;2*4H,(H2,1,2,3);. The van der Waals surface area contributed by atoms with E-state index in [0.717, 1.165) is 0 Å². The molecule has 0 aromatic rings. The van der Waals surface area contributed by atoms with Crippen molar-refractivity contribution in [3.8, 4) is 0 Å². The Hall–Kier alpha value is 2.30. The van der Waals surface area contributed by atoms with Crippen molar-refractivity contribution in [3.63, 3.8) is 0 Å². The third kappa shape index (κ3) is 247. The van der Waals surface area contributed by atoms with Gasteiger partial charge in [0.05, 0.1) is 0 Å². The van der Waals surface area contributed by atoms with Gasteiger partial charge < -0.3 is 19.6 Å². The van der Waals surface area contributed by atoms with Gasteiger partial charge in [0, 0.05) is 0 Å². The van der Waals surface area contributed by atoms with Gasteiger partial charge >= 0.3 is 78.2 Å². The maximum atomic E-state index is 8.74. The molecule has 0 saturated heterocycles. The fraction of sp³-hybridized carbons (Fsp3) is 1.00. The van der Waals surface area contributed by atoms with Crippen LogP contribution in [0.25, 0.3) is 0 Å². The van der Waals surface area contributed by atoms with E-state index in [1.54, 1.807) is 0 Å². The van der Waals surface area contributed by atoms with Gasteiger partial charge in [0.2, 0.25) is 0 Å². The first-order valence-corrected chi connectivity index (χ1v) is 6.91. The summed E-state index contributed by atoms with van der Waals surface area (Å²) in [5.74, 6) is 0. The average molecular weight is 226 g/mol. The molecule has 10 heteroatoms. The first kappa shape index (κ1) is 23.3. The molecule has 0 aromatic heterocycles. The molecule has 0 radical (unpaired) electrons. The number of hydrogen-bond acceptors (Lipinski definition) is 2. The zero-order valence-electron chi connectivity index (χ0n) is 5.61. The predicted octanol–water partition coefficient (Wildman–Crippen LogP) is -1.72. The number of rotatable bonds is 0. The van der Waals surface area contributed by atoms with Gasteiger partial charge in [-0.25, -0.2) is 0 Å². The second-order valence-corrected chi connectivity index (χ2v) is 1.70. The van der Waals surface area contributed by atoms with Crippen molar-refractivity contribution < 1.29 is 28.7 Å². The zero-order chi connectivity index (χ0) is 9.15. The molecule has 0 unspecified atom stereocenters. The van der Waals surface area contributed by atoms with Crippen LogP contribution in [0.15, 0.2) is 0 Å². The van der Waals surface area contributed by atoms with Gasteiger partial charge in [0.1, 0.15) is 0 Å². The molecule has 0 atom stereocenters. The van der Waals surface area contributed by atoms with Crippen LogP contribution in [0.2, 0.25) is 4.17 Å². The minimum absolute atomic E-state index is 0. The summed E-state index contributed by atoms with van der Waals surface area (Å²) in [4.78, 5) is 28.6. The van der Waals surface area contributed by atoms with E-state index in [2.05, 4.69) is 4.17 Å². The molecule has 0 aliphatic heterocycles. The van der Waals surface area contributed by atoms with Crippen molar-refractivity contribution in [3.05, 3.63) is 0 Å². The summed E-state index contributed by atoms with van der Waals surface area (Å²) in [6.07, 6.45) is 0. The van der Waals surface area contributed by atoms with E-state index in [1.165, 1.54) is 27.9 Å². The monoisotopic (exact) mass is 226 g/mol. The molecule has 0 fully saturated rings. The fourth-order valence-corrected chi connectivity index (χ4v) is 0. The summed E-state index contributed by atoms with van der Waals surface area (Å²) in [6, 6.07) is 0. The van der Waals surface area contributed by atoms with Crippen molar-refractivity contribution in [2.75, 3.05) is 0 Å². The molecule has 11 heavy (non-hydrogen) atoms. The SMILES string of the molecule is O=[PH](O)O.O=[PH](O)O.[CH3][Na].[NaH]. The van der Waals surface area contributed by atoms with E-state index in [0.29, 0.717) is 0 Å². The molecule has 0 spiro atoms.